The van der Waals surface area contributed by atoms with Gasteiger partial charge in [0, 0.05) is 7.11 Å². The molecule has 0 saturated carbocycles. The van der Waals surface area contributed by atoms with Crippen molar-refractivity contribution in [1.82, 2.24) is 25.1 Å². The van der Waals surface area contributed by atoms with Crippen LogP contribution in [0.5, 0.6) is 11.5 Å². The number of tetrazole rings is 1. The van der Waals surface area contributed by atoms with E-state index in [1.54, 1.807) is 25.0 Å². The van der Waals surface area contributed by atoms with E-state index in [-0.39, 0.29) is 11.8 Å². The van der Waals surface area contributed by atoms with E-state index in [0.29, 0.717) is 18.9 Å². The second kappa shape index (κ2) is 8.46. The largest absolute Gasteiger partial charge is 0.504 e. The van der Waals surface area contributed by atoms with Gasteiger partial charge in [-0.2, -0.15) is 0 Å². The van der Waals surface area contributed by atoms with Gasteiger partial charge in [-0.05, 0) is 60.0 Å². The number of methoxy groups -OCH3 is 2. The van der Waals surface area contributed by atoms with Gasteiger partial charge >= 0.3 is 0 Å². The van der Waals surface area contributed by atoms with Gasteiger partial charge in [0.15, 0.2) is 17.3 Å². The Balaban J connectivity index is 1.98. The molecule has 1 aliphatic heterocycles. The first kappa shape index (κ1) is 18.6. The Bertz CT molecular complexity index is 713. The van der Waals surface area contributed by atoms with E-state index in [4.69, 9.17) is 9.47 Å². The van der Waals surface area contributed by atoms with Crippen molar-refractivity contribution in [3.8, 4) is 11.5 Å². The van der Waals surface area contributed by atoms with Gasteiger partial charge in [0.05, 0.1) is 26.3 Å². The summed E-state index contributed by atoms with van der Waals surface area (Å²) in [6, 6.07) is 5.35. The van der Waals surface area contributed by atoms with Crippen molar-refractivity contribution in [1.29, 1.82) is 0 Å². The van der Waals surface area contributed by atoms with Crippen LogP contribution in [-0.4, -0.2) is 64.1 Å². The Hall–Kier alpha value is -2.19. The predicted molar refractivity (Wildman–Crippen MR) is 96.2 cm³/mol. The SMILES string of the molecule is COCCn1nnnc1C(c1ccc(O)c(OC)c1)N1CCC(C)CC1. The van der Waals surface area contributed by atoms with Crippen molar-refractivity contribution in [3.05, 3.63) is 29.6 Å². The lowest BCUT2D eigenvalue weighted by atomic mass is 9.95. The number of hydrogen-bond donors (Lipinski definition) is 1. The second-order valence-electron chi connectivity index (χ2n) is 6.81. The van der Waals surface area contributed by atoms with Gasteiger partial charge in [-0.25, -0.2) is 4.68 Å². The molecule has 3 rings (SSSR count). The Kier molecular flexibility index (Phi) is 6.05. The Labute approximate surface area is 153 Å². The van der Waals surface area contributed by atoms with Gasteiger partial charge in [-0.1, -0.05) is 13.0 Å². The van der Waals surface area contributed by atoms with Crippen LogP contribution in [0, 0.1) is 5.92 Å². The Morgan fingerprint density at radius 3 is 2.73 bits per heavy atom. The molecular weight excluding hydrogens is 334 g/mol. The number of phenols is 1. The van der Waals surface area contributed by atoms with Crippen LogP contribution in [0.15, 0.2) is 18.2 Å². The van der Waals surface area contributed by atoms with Gasteiger partial charge in [0.2, 0.25) is 0 Å². The highest BCUT2D eigenvalue weighted by atomic mass is 16.5. The summed E-state index contributed by atoms with van der Waals surface area (Å²) >= 11 is 0. The van der Waals surface area contributed by atoms with Gasteiger partial charge < -0.3 is 14.6 Å². The minimum absolute atomic E-state index is 0.0937. The summed E-state index contributed by atoms with van der Waals surface area (Å²) in [5, 5.41) is 22.3. The predicted octanol–water partition coefficient (Wildman–Crippen LogP) is 1.85. The van der Waals surface area contributed by atoms with Gasteiger partial charge in [0.1, 0.15) is 0 Å². The van der Waals surface area contributed by atoms with Crippen LogP contribution >= 0.6 is 0 Å². The first-order valence-electron chi connectivity index (χ1n) is 9.00. The van der Waals surface area contributed by atoms with Crippen LogP contribution in [0.4, 0.5) is 0 Å². The summed E-state index contributed by atoms with van der Waals surface area (Å²) in [6.45, 7) is 5.38. The van der Waals surface area contributed by atoms with Gasteiger partial charge in [-0.15, -0.1) is 5.10 Å². The minimum atomic E-state index is -0.0937. The smallest absolute Gasteiger partial charge is 0.173 e. The molecule has 1 N–H and O–H groups in total. The molecule has 0 spiro atoms. The fourth-order valence-corrected chi connectivity index (χ4v) is 3.42. The average Bonchev–Trinajstić information content (AvgIpc) is 3.11. The molecule has 142 valence electrons. The van der Waals surface area contributed by atoms with Crippen molar-refractivity contribution in [2.75, 3.05) is 33.9 Å². The third-order valence-electron chi connectivity index (χ3n) is 5.01. The number of hydrogen-bond acceptors (Lipinski definition) is 7. The highest BCUT2D eigenvalue weighted by Crippen LogP contribution is 2.35. The van der Waals surface area contributed by atoms with Crippen LogP contribution in [0.1, 0.15) is 37.2 Å². The van der Waals surface area contributed by atoms with Crippen molar-refractivity contribution in [2.24, 2.45) is 5.92 Å². The maximum absolute atomic E-state index is 9.96. The Morgan fingerprint density at radius 1 is 1.27 bits per heavy atom. The first-order chi connectivity index (χ1) is 12.6. The number of phenolic OH excluding ortho intramolecular Hbond substituents is 1. The van der Waals surface area contributed by atoms with E-state index in [1.807, 2.05) is 12.1 Å². The van der Waals surface area contributed by atoms with E-state index in [9.17, 15) is 5.11 Å². The molecule has 1 unspecified atom stereocenters. The molecule has 0 bridgehead atoms. The number of rotatable bonds is 7. The third kappa shape index (κ3) is 3.96. The summed E-state index contributed by atoms with van der Waals surface area (Å²) in [4.78, 5) is 2.40. The topological polar surface area (TPSA) is 85.5 Å². The molecule has 8 nitrogen and oxygen atoms in total. The van der Waals surface area contributed by atoms with Crippen molar-refractivity contribution in [3.63, 3.8) is 0 Å². The number of ether oxygens (including phenoxy) is 2. The molecule has 2 heterocycles. The monoisotopic (exact) mass is 361 g/mol. The molecule has 1 atom stereocenters. The molecule has 1 aromatic heterocycles. The number of aromatic hydroxyl groups is 1. The van der Waals surface area contributed by atoms with E-state index in [1.165, 1.54) is 0 Å². The molecule has 0 aliphatic carbocycles. The zero-order chi connectivity index (χ0) is 18.5. The highest BCUT2D eigenvalue weighted by Gasteiger charge is 2.30. The maximum Gasteiger partial charge on any atom is 0.173 e. The number of nitrogens with zero attached hydrogens (tertiary/aromatic N) is 5. The standard InChI is InChI=1S/C18H27N5O3/c1-13-6-8-22(9-7-13)17(14-4-5-15(24)16(12-14)26-3)18-19-20-21-23(18)10-11-25-2/h4-5,12-13,17,24H,6-11H2,1-3H3. The summed E-state index contributed by atoms with van der Waals surface area (Å²) in [7, 11) is 3.22. The van der Waals surface area contributed by atoms with Crippen LogP contribution in [-0.2, 0) is 11.3 Å². The summed E-state index contributed by atoms with van der Waals surface area (Å²) in [6.07, 6.45) is 2.29. The molecular formula is C18H27N5O3. The summed E-state index contributed by atoms with van der Waals surface area (Å²) < 4.78 is 12.3. The molecule has 1 aromatic carbocycles. The van der Waals surface area contributed by atoms with Crippen LogP contribution < -0.4 is 4.74 Å². The van der Waals surface area contributed by atoms with Crippen molar-refractivity contribution in [2.45, 2.75) is 32.4 Å². The summed E-state index contributed by atoms with van der Waals surface area (Å²) in [5.74, 6) is 2.09. The quantitative estimate of drug-likeness (QED) is 0.805. The second-order valence-corrected chi connectivity index (χ2v) is 6.81. The fourth-order valence-electron chi connectivity index (χ4n) is 3.42. The zero-order valence-electron chi connectivity index (χ0n) is 15.6. The lowest BCUT2D eigenvalue weighted by molar-refractivity contribution is 0.144. The average molecular weight is 361 g/mol. The number of aromatic nitrogens is 4. The molecule has 0 radical (unpaired) electrons. The van der Waals surface area contributed by atoms with Crippen LogP contribution in [0.2, 0.25) is 0 Å². The molecule has 2 aromatic rings. The number of likely N-dealkylation sites (tertiary alicyclic amines) is 1. The van der Waals surface area contributed by atoms with Crippen molar-refractivity contribution >= 4 is 0 Å². The van der Waals surface area contributed by atoms with Gasteiger partial charge in [0.25, 0.3) is 0 Å². The van der Waals surface area contributed by atoms with E-state index in [2.05, 4.69) is 27.3 Å². The molecule has 1 aliphatic rings. The minimum Gasteiger partial charge on any atom is -0.504 e. The Morgan fingerprint density at radius 2 is 2.04 bits per heavy atom. The number of piperidine rings is 1. The lowest BCUT2D eigenvalue weighted by Gasteiger charge is -2.36. The maximum atomic E-state index is 9.96. The van der Waals surface area contributed by atoms with Gasteiger partial charge in [-0.3, -0.25) is 4.90 Å². The first-order valence-corrected chi connectivity index (χ1v) is 9.00. The fraction of sp³-hybridized carbons (Fsp3) is 0.611. The zero-order valence-corrected chi connectivity index (χ0v) is 15.6. The van der Waals surface area contributed by atoms with Crippen molar-refractivity contribution < 1.29 is 14.6 Å². The molecule has 0 amide bonds. The molecule has 1 fully saturated rings. The van der Waals surface area contributed by atoms with E-state index >= 15 is 0 Å². The van der Waals surface area contributed by atoms with Crippen LogP contribution in [0.25, 0.3) is 0 Å². The lowest BCUT2D eigenvalue weighted by Crippen LogP contribution is -2.38. The van der Waals surface area contributed by atoms with E-state index in [0.717, 1.165) is 43.2 Å². The third-order valence-corrected chi connectivity index (χ3v) is 5.01. The molecule has 8 heteroatoms. The summed E-state index contributed by atoms with van der Waals surface area (Å²) in [5.41, 5.74) is 1.00. The number of benzene rings is 1. The van der Waals surface area contributed by atoms with E-state index < -0.39 is 0 Å². The highest BCUT2D eigenvalue weighted by molar-refractivity contribution is 5.43. The normalized spacial score (nSPS) is 17.3. The molecule has 1 saturated heterocycles. The van der Waals surface area contributed by atoms with Crippen LogP contribution in [0.3, 0.4) is 0 Å². The molecule has 26 heavy (non-hydrogen) atoms.